The number of carbonyl (C=O) groups is 6. The van der Waals surface area contributed by atoms with Crippen LogP contribution in [0.3, 0.4) is 0 Å². The van der Waals surface area contributed by atoms with Gasteiger partial charge in [-0.1, -0.05) is 75.1 Å². The third-order valence-electron chi connectivity index (χ3n) is 10.6. The van der Waals surface area contributed by atoms with Crippen LogP contribution in [0.5, 0.6) is 5.75 Å². The van der Waals surface area contributed by atoms with Gasteiger partial charge in [-0.15, -0.1) is 0 Å². The van der Waals surface area contributed by atoms with Crippen molar-refractivity contribution in [1.29, 1.82) is 0 Å². The third kappa shape index (κ3) is 13.3. The lowest BCUT2D eigenvalue weighted by Crippen LogP contribution is -2.58. The number of nitrogens with one attached hydrogen (secondary N) is 4. The summed E-state index contributed by atoms with van der Waals surface area (Å²) in [6, 6.07) is 12.4. The van der Waals surface area contributed by atoms with Crippen molar-refractivity contribution in [3.05, 3.63) is 65.7 Å². The second-order valence-corrected chi connectivity index (χ2v) is 15.1. The van der Waals surface area contributed by atoms with Crippen molar-refractivity contribution in [1.82, 2.24) is 31.1 Å². The van der Waals surface area contributed by atoms with Gasteiger partial charge in [0, 0.05) is 27.1 Å². The largest absolute Gasteiger partial charge is 0.491 e. The number of hydrogen-bond acceptors (Lipinski definition) is 9. The molecule has 6 amide bonds. The lowest BCUT2D eigenvalue weighted by Gasteiger charge is -2.35. The Morgan fingerprint density at radius 2 is 1.63 bits per heavy atom. The van der Waals surface area contributed by atoms with Crippen molar-refractivity contribution in [2.24, 2.45) is 5.92 Å². The van der Waals surface area contributed by atoms with Gasteiger partial charge in [-0.05, 0) is 67.7 Å². The highest BCUT2D eigenvalue weighted by molar-refractivity contribution is 5.94. The number of likely N-dealkylation sites (tertiary alicyclic amines) is 1. The van der Waals surface area contributed by atoms with Gasteiger partial charge in [0.25, 0.3) is 5.91 Å². The first-order valence-corrected chi connectivity index (χ1v) is 20.2. The zero-order chi connectivity index (χ0) is 41.3. The van der Waals surface area contributed by atoms with Crippen molar-refractivity contribution in [2.75, 3.05) is 40.4 Å². The normalized spacial score (nSPS) is 17.7. The van der Waals surface area contributed by atoms with Gasteiger partial charge in [-0.3, -0.25) is 28.8 Å². The highest BCUT2D eigenvalue weighted by Gasteiger charge is 2.42. The van der Waals surface area contributed by atoms with E-state index in [9.17, 15) is 33.9 Å². The molecule has 0 aromatic heterocycles. The second kappa shape index (κ2) is 22.7. The fraction of sp³-hybridized carbons (Fsp3) is 0.571. The zero-order valence-corrected chi connectivity index (χ0v) is 33.4. The number of aliphatic hydroxyl groups excluding tert-OH is 2. The third-order valence-corrected chi connectivity index (χ3v) is 10.6. The van der Waals surface area contributed by atoms with E-state index in [0.29, 0.717) is 43.5 Å². The Labute approximate surface area is 335 Å². The molecule has 2 fully saturated rings. The Morgan fingerprint density at radius 3 is 2.32 bits per heavy atom. The zero-order valence-electron chi connectivity index (χ0n) is 33.4. The Balaban J connectivity index is 1.37. The van der Waals surface area contributed by atoms with E-state index in [1.807, 2.05) is 25.1 Å². The monoisotopic (exact) mass is 792 g/mol. The van der Waals surface area contributed by atoms with Crippen LogP contribution in [0.15, 0.2) is 54.6 Å². The number of hydrogen-bond donors (Lipinski definition) is 6. The van der Waals surface area contributed by atoms with Crippen LogP contribution in [0.1, 0.15) is 88.3 Å². The molecule has 15 nitrogen and oxygen atoms in total. The number of rotatable bonds is 20. The minimum atomic E-state index is -1.70. The summed E-state index contributed by atoms with van der Waals surface area (Å²) in [5.41, 5.74) is 1.45. The number of aryl methyl sites for hydroxylation is 1. The molecule has 0 radical (unpaired) electrons. The average Bonchev–Trinajstić information content (AvgIpc) is 3.73. The van der Waals surface area contributed by atoms with E-state index >= 15 is 0 Å². The van der Waals surface area contributed by atoms with Crippen molar-refractivity contribution < 1.29 is 43.7 Å². The summed E-state index contributed by atoms with van der Waals surface area (Å²) in [6.45, 7) is 1.71. The van der Waals surface area contributed by atoms with Crippen LogP contribution in [0, 0.1) is 5.92 Å². The molecule has 2 aliphatic rings. The summed E-state index contributed by atoms with van der Waals surface area (Å²) in [5, 5.41) is 31.0. The molecule has 1 saturated carbocycles. The molecule has 57 heavy (non-hydrogen) atoms. The standard InChI is InChI=1S/C42H60N6O9/c1-4-13-32(38(52)40(54)43-27-35(51)46-36(41(55)47(2)3)29-15-7-5-8-16-29)44-39(53)33-20-12-23-48(33)42(56)37(30-17-9-6-10-18-30)45-34(50)22-21-28-14-11-19-31(26-28)57-25-24-49/h5,7-8,11,14-16,19,26,30,32-33,36-38,49,52H,4,6,9-10,12-13,17-18,20-25,27H2,1-3H3,(H,43,54)(H,44,53)(H,45,50)(H,46,51)/t32?,33-,36-,37-,38?/m0/s1. The minimum Gasteiger partial charge on any atom is -0.491 e. The van der Waals surface area contributed by atoms with Crippen LogP contribution >= 0.6 is 0 Å². The van der Waals surface area contributed by atoms with Gasteiger partial charge >= 0.3 is 0 Å². The average molecular weight is 793 g/mol. The molecule has 5 atom stereocenters. The quantitative estimate of drug-likeness (QED) is 0.115. The Hall–Kier alpha value is -5.02. The Kier molecular flexibility index (Phi) is 17.8. The SMILES string of the molecule is CCCC(NC(=O)[C@@H]1CCCN1C(=O)[C@@H](NC(=O)CCc1cccc(OCCO)c1)C1CCCCC1)C(O)C(=O)NCC(=O)N[C@H](C(=O)N(C)C)c1ccccc1. The molecule has 6 N–H and O–H groups in total. The van der Waals surface area contributed by atoms with E-state index in [-0.39, 0.29) is 49.7 Å². The molecule has 2 aromatic carbocycles. The van der Waals surface area contributed by atoms with Gasteiger partial charge in [0.2, 0.25) is 29.5 Å². The molecular weight excluding hydrogens is 732 g/mol. The van der Waals surface area contributed by atoms with Crippen molar-refractivity contribution >= 4 is 35.4 Å². The van der Waals surface area contributed by atoms with Gasteiger partial charge in [-0.2, -0.15) is 0 Å². The van der Waals surface area contributed by atoms with Gasteiger partial charge in [0.15, 0.2) is 6.10 Å². The number of carbonyl (C=O) groups excluding carboxylic acids is 6. The molecule has 15 heteroatoms. The summed E-state index contributed by atoms with van der Waals surface area (Å²) in [5.74, 6) is -2.45. The molecule has 1 aliphatic carbocycles. The predicted octanol–water partition coefficient (Wildman–Crippen LogP) is 1.75. The lowest BCUT2D eigenvalue weighted by atomic mass is 9.83. The smallest absolute Gasteiger partial charge is 0.251 e. The van der Waals surface area contributed by atoms with Gasteiger partial charge in [0.1, 0.15) is 30.5 Å². The number of amides is 6. The maximum Gasteiger partial charge on any atom is 0.251 e. The Bertz CT molecular complexity index is 1650. The summed E-state index contributed by atoms with van der Waals surface area (Å²) in [4.78, 5) is 83.2. The number of likely N-dealkylation sites (N-methyl/N-ethyl adjacent to an activating group) is 1. The molecule has 2 unspecified atom stereocenters. The summed E-state index contributed by atoms with van der Waals surface area (Å²) in [6.07, 6.45) is 5.09. The molecule has 2 aromatic rings. The van der Waals surface area contributed by atoms with Gasteiger partial charge in [0.05, 0.1) is 19.2 Å². The van der Waals surface area contributed by atoms with Gasteiger partial charge in [-0.25, -0.2) is 0 Å². The van der Waals surface area contributed by atoms with E-state index in [2.05, 4.69) is 21.3 Å². The first kappa shape index (κ1) is 44.7. The number of nitrogens with zero attached hydrogens (tertiary/aromatic N) is 2. The maximum absolute atomic E-state index is 14.3. The highest BCUT2D eigenvalue weighted by atomic mass is 16.5. The molecule has 4 rings (SSSR count). The fourth-order valence-corrected chi connectivity index (χ4v) is 7.55. The van der Waals surface area contributed by atoms with E-state index in [4.69, 9.17) is 9.84 Å². The summed E-state index contributed by atoms with van der Waals surface area (Å²) < 4.78 is 5.49. The Morgan fingerprint density at radius 1 is 0.895 bits per heavy atom. The molecule has 0 bridgehead atoms. The fourth-order valence-electron chi connectivity index (χ4n) is 7.55. The van der Waals surface area contributed by atoms with E-state index in [0.717, 1.165) is 37.7 Å². The highest BCUT2D eigenvalue weighted by Crippen LogP contribution is 2.30. The van der Waals surface area contributed by atoms with Crippen LogP contribution < -0.4 is 26.0 Å². The first-order valence-electron chi connectivity index (χ1n) is 20.2. The van der Waals surface area contributed by atoms with Crippen LogP contribution in [0.25, 0.3) is 0 Å². The molecule has 312 valence electrons. The van der Waals surface area contributed by atoms with Crippen LogP contribution in [0.4, 0.5) is 0 Å². The van der Waals surface area contributed by atoms with Gasteiger partial charge < -0.3 is 46.0 Å². The van der Waals surface area contributed by atoms with Crippen molar-refractivity contribution in [3.8, 4) is 5.75 Å². The van der Waals surface area contributed by atoms with E-state index < -0.39 is 54.5 Å². The number of benzene rings is 2. The van der Waals surface area contributed by atoms with E-state index in [1.165, 1.54) is 9.80 Å². The summed E-state index contributed by atoms with van der Waals surface area (Å²) in [7, 11) is 3.14. The maximum atomic E-state index is 14.3. The topological polar surface area (TPSA) is 207 Å². The first-order chi connectivity index (χ1) is 27.4. The van der Waals surface area contributed by atoms with E-state index in [1.54, 1.807) is 50.5 Å². The van der Waals surface area contributed by atoms with Crippen LogP contribution in [-0.4, -0.2) is 120 Å². The van der Waals surface area contributed by atoms with Crippen LogP contribution in [0.2, 0.25) is 0 Å². The second-order valence-electron chi connectivity index (χ2n) is 15.1. The minimum absolute atomic E-state index is 0.0748. The van der Waals surface area contributed by atoms with Crippen LogP contribution in [-0.2, 0) is 35.2 Å². The number of aliphatic hydroxyl groups is 2. The number of ether oxygens (including phenoxy) is 1. The molecule has 1 saturated heterocycles. The predicted molar refractivity (Wildman–Crippen MR) is 212 cm³/mol. The molecule has 0 spiro atoms. The van der Waals surface area contributed by atoms with Crippen molar-refractivity contribution in [3.63, 3.8) is 0 Å². The summed E-state index contributed by atoms with van der Waals surface area (Å²) >= 11 is 0. The lowest BCUT2D eigenvalue weighted by molar-refractivity contribution is -0.144. The van der Waals surface area contributed by atoms with Crippen molar-refractivity contribution in [2.45, 2.75) is 108 Å². The molecule has 1 heterocycles. The molecular formula is C42H60N6O9. The molecule has 1 aliphatic heterocycles.